The molecule has 1 saturated heterocycles. The van der Waals surface area contributed by atoms with Crippen LogP contribution in [0.4, 0.5) is 0 Å². The van der Waals surface area contributed by atoms with E-state index in [4.69, 9.17) is 5.11 Å². The molecule has 1 unspecified atom stereocenters. The van der Waals surface area contributed by atoms with E-state index in [9.17, 15) is 14.4 Å². The molecular weight excluding hydrogens is 292 g/mol. The van der Waals surface area contributed by atoms with Crippen molar-refractivity contribution in [3.8, 4) is 0 Å². The molecule has 118 valence electrons. The van der Waals surface area contributed by atoms with Gasteiger partial charge in [-0.05, 0) is 12.8 Å². The molecule has 0 aromatic heterocycles. The molecule has 0 radical (unpaired) electrons. The minimum absolute atomic E-state index is 0.0288. The SMILES string of the molecule is CCC(=O)N1CSCC1C(=O)NC1(CC(=O)O)CCCC1. The highest BCUT2D eigenvalue weighted by Gasteiger charge is 2.41. The van der Waals surface area contributed by atoms with Crippen LogP contribution in [0.3, 0.4) is 0 Å². The first-order chi connectivity index (χ1) is 9.97. The third-order valence-corrected chi connectivity index (χ3v) is 5.26. The minimum atomic E-state index is -0.889. The summed E-state index contributed by atoms with van der Waals surface area (Å²) in [5.74, 6) is 0.000486. The Morgan fingerprint density at radius 3 is 2.57 bits per heavy atom. The lowest BCUT2D eigenvalue weighted by Crippen LogP contribution is -2.55. The molecule has 1 heterocycles. The van der Waals surface area contributed by atoms with E-state index in [1.807, 2.05) is 0 Å². The molecule has 21 heavy (non-hydrogen) atoms. The topological polar surface area (TPSA) is 86.7 Å². The zero-order chi connectivity index (χ0) is 15.5. The van der Waals surface area contributed by atoms with Crippen LogP contribution in [0, 0.1) is 0 Å². The summed E-state index contributed by atoms with van der Waals surface area (Å²) in [6.45, 7) is 1.78. The van der Waals surface area contributed by atoms with Crippen molar-refractivity contribution in [2.75, 3.05) is 11.6 Å². The standard InChI is InChI=1S/C14H22N2O4S/c1-2-11(17)16-9-21-8-10(16)13(20)15-14(7-12(18)19)5-3-4-6-14/h10H,2-9H2,1H3,(H,15,20)(H,18,19). The fourth-order valence-electron chi connectivity index (χ4n) is 3.14. The number of aliphatic carboxylic acids is 1. The number of rotatable bonds is 5. The molecule has 0 aromatic rings. The second-order valence-electron chi connectivity index (χ2n) is 5.78. The van der Waals surface area contributed by atoms with Crippen molar-refractivity contribution < 1.29 is 19.5 Å². The van der Waals surface area contributed by atoms with Crippen LogP contribution in [-0.4, -0.2) is 51.0 Å². The summed E-state index contributed by atoms with van der Waals surface area (Å²) in [5, 5.41) is 12.0. The van der Waals surface area contributed by atoms with E-state index >= 15 is 0 Å². The molecule has 1 saturated carbocycles. The van der Waals surface area contributed by atoms with E-state index in [2.05, 4.69) is 5.32 Å². The number of carbonyl (C=O) groups excluding carboxylic acids is 2. The van der Waals surface area contributed by atoms with Crippen molar-refractivity contribution in [3.05, 3.63) is 0 Å². The highest BCUT2D eigenvalue weighted by molar-refractivity contribution is 7.99. The molecule has 1 aliphatic carbocycles. The van der Waals surface area contributed by atoms with Crippen molar-refractivity contribution in [1.82, 2.24) is 10.2 Å². The summed E-state index contributed by atoms with van der Waals surface area (Å²) in [7, 11) is 0. The first-order valence-electron chi connectivity index (χ1n) is 7.38. The molecule has 6 nitrogen and oxygen atoms in total. The summed E-state index contributed by atoms with van der Waals surface area (Å²) >= 11 is 1.56. The summed E-state index contributed by atoms with van der Waals surface area (Å²) in [6, 6.07) is -0.464. The van der Waals surface area contributed by atoms with Gasteiger partial charge in [-0.2, -0.15) is 0 Å². The zero-order valence-corrected chi connectivity index (χ0v) is 13.1. The number of thioether (sulfide) groups is 1. The predicted octanol–water partition coefficient (Wildman–Crippen LogP) is 1.20. The highest BCUT2D eigenvalue weighted by atomic mass is 32.2. The van der Waals surface area contributed by atoms with Gasteiger partial charge in [-0.3, -0.25) is 14.4 Å². The van der Waals surface area contributed by atoms with Gasteiger partial charge in [-0.25, -0.2) is 0 Å². The maximum absolute atomic E-state index is 12.5. The van der Waals surface area contributed by atoms with Crippen molar-refractivity contribution in [3.63, 3.8) is 0 Å². The molecule has 2 fully saturated rings. The third-order valence-electron chi connectivity index (χ3n) is 4.25. The predicted molar refractivity (Wildman–Crippen MR) is 79.8 cm³/mol. The van der Waals surface area contributed by atoms with E-state index < -0.39 is 17.6 Å². The van der Waals surface area contributed by atoms with Crippen LogP contribution in [0.1, 0.15) is 45.4 Å². The van der Waals surface area contributed by atoms with Gasteiger partial charge in [0.05, 0.1) is 17.8 Å². The molecule has 0 bridgehead atoms. The average Bonchev–Trinajstić information content (AvgIpc) is 3.06. The van der Waals surface area contributed by atoms with Gasteiger partial charge >= 0.3 is 5.97 Å². The summed E-state index contributed by atoms with van der Waals surface area (Å²) in [4.78, 5) is 37.0. The number of hydrogen-bond donors (Lipinski definition) is 2. The van der Waals surface area contributed by atoms with Crippen molar-refractivity contribution in [1.29, 1.82) is 0 Å². The van der Waals surface area contributed by atoms with Crippen molar-refractivity contribution in [2.45, 2.75) is 57.0 Å². The summed E-state index contributed by atoms with van der Waals surface area (Å²) in [6.07, 6.45) is 3.61. The Hall–Kier alpha value is -1.24. The lowest BCUT2D eigenvalue weighted by Gasteiger charge is -2.32. The molecule has 2 N–H and O–H groups in total. The largest absolute Gasteiger partial charge is 0.481 e. The first kappa shape index (κ1) is 16.1. The number of nitrogens with one attached hydrogen (secondary N) is 1. The highest BCUT2D eigenvalue weighted by Crippen LogP contribution is 2.33. The van der Waals surface area contributed by atoms with Crippen LogP contribution >= 0.6 is 11.8 Å². The Kier molecular flexibility index (Phi) is 5.13. The number of nitrogens with zero attached hydrogens (tertiary/aromatic N) is 1. The van der Waals surface area contributed by atoms with Gasteiger partial charge < -0.3 is 15.3 Å². The van der Waals surface area contributed by atoms with E-state index in [0.29, 0.717) is 30.9 Å². The second kappa shape index (κ2) is 6.68. The molecule has 2 rings (SSSR count). The number of hydrogen-bond acceptors (Lipinski definition) is 4. The molecule has 2 aliphatic rings. The lowest BCUT2D eigenvalue weighted by molar-refractivity contribution is -0.141. The smallest absolute Gasteiger partial charge is 0.305 e. The van der Waals surface area contributed by atoms with E-state index in [-0.39, 0.29) is 18.2 Å². The van der Waals surface area contributed by atoms with Crippen LogP contribution in [0.25, 0.3) is 0 Å². The maximum Gasteiger partial charge on any atom is 0.305 e. The van der Waals surface area contributed by atoms with Gasteiger partial charge in [-0.1, -0.05) is 19.8 Å². The zero-order valence-electron chi connectivity index (χ0n) is 12.3. The molecule has 1 aliphatic heterocycles. The Morgan fingerprint density at radius 1 is 1.33 bits per heavy atom. The van der Waals surface area contributed by atoms with Crippen molar-refractivity contribution in [2.24, 2.45) is 0 Å². The number of carbonyl (C=O) groups is 3. The van der Waals surface area contributed by atoms with Gasteiger partial charge in [0.2, 0.25) is 11.8 Å². The molecule has 2 amide bonds. The number of carboxylic acids is 1. The van der Waals surface area contributed by atoms with E-state index in [1.54, 1.807) is 23.6 Å². The molecule has 0 spiro atoms. The Balaban J connectivity index is 2.05. The second-order valence-corrected chi connectivity index (χ2v) is 6.78. The summed E-state index contributed by atoms with van der Waals surface area (Å²) in [5.41, 5.74) is -0.628. The molecule has 7 heteroatoms. The monoisotopic (exact) mass is 314 g/mol. The lowest BCUT2D eigenvalue weighted by atomic mass is 9.92. The van der Waals surface area contributed by atoms with Crippen molar-refractivity contribution >= 4 is 29.5 Å². The van der Waals surface area contributed by atoms with Gasteiger partial charge in [0.15, 0.2) is 0 Å². The van der Waals surface area contributed by atoms with Crippen LogP contribution < -0.4 is 5.32 Å². The van der Waals surface area contributed by atoms with Crippen LogP contribution in [0.2, 0.25) is 0 Å². The van der Waals surface area contributed by atoms with Gasteiger partial charge in [-0.15, -0.1) is 11.8 Å². The van der Waals surface area contributed by atoms with Crippen LogP contribution in [0.15, 0.2) is 0 Å². The average molecular weight is 314 g/mol. The van der Waals surface area contributed by atoms with Crippen LogP contribution in [0.5, 0.6) is 0 Å². The fraction of sp³-hybridized carbons (Fsp3) is 0.786. The number of amides is 2. The van der Waals surface area contributed by atoms with Gasteiger partial charge in [0.1, 0.15) is 6.04 Å². The Bertz CT molecular complexity index is 435. The minimum Gasteiger partial charge on any atom is -0.481 e. The molecular formula is C14H22N2O4S. The normalized spacial score (nSPS) is 24.0. The van der Waals surface area contributed by atoms with Gasteiger partial charge in [0, 0.05) is 12.2 Å². The maximum atomic E-state index is 12.5. The Labute approximate surface area is 128 Å². The van der Waals surface area contributed by atoms with E-state index in [0.717, 1.165) is 12.8 Å². The molecule has 0 aromatic carbocycles. The van der Waals surface area contributed by atoms with E-state index in [1.165, 1.54) is 0 Å². The quantitative estimate of drug-likeness (QED) is 0.796. The molecule has 1 atom stereocenters. The third kappa shape index (κ3) is 3.70. The fourth-order valence-corrected chi connectivity index (χ4v) is 4.32. The first-order valence-corrected chi connectivity index (χ1v) is 8.54. The number of carboxylic acid groups (broad SMARTS) is 1. The summed E-state index contributed by atoms with van der Waals surface area (Å²) < 4.78 is 0. The van der Waals surface area contributed by atoms with Crippen LogP contribution in [-0.2, 0) is 14.4 Å². The Morgan fingerprint density at radius 2 is 2.00 bits per heavy atom. The van der Waals surface area contributed by atoms with Gasteiger partial charge in [0.25, 0.3) is 0 Å².